The van der Waals surface area contributed by atoms with Crippen molar-refractivity contribution < 1.29 is 9.50 Å². The van der Waals surface area contributed by atoms with Crippen LogP contribution in [0.2, 0.25) is 0 Å². The molecule has 1 aliphatic rings. The maximum atomic E-state index is 13.6. The number of piperidine rings is 1. The third-order valence-corrected chi connectivity index (χ3v) is 4.20. The molecule has 1 fully saturated rings. The van der Waals surface area contributed by atoms with Crippen LogP contribution in [0.1, 0.15) is 37.3 Å². The maximum absolute atomic E-state index is 13.6. The van der Waals surface area contributed by atoms with Crippen molar-refractivity contribution in [2.75, 3.05) is 26.2 Å². The van der Waals surface area contributed by atoms with Gasteiger partial charge in [0, 0.05) is 24.8 Å². The van der Waals surface area contributed by atoms with E-state index in [-0.39, 0.29) is 18.5 Å². The summed E-state index contributed by atoms with van der Waals surface area (Å²) in [6.45, 7) is 3.29. The number of likely N-dealkylation sites (tertiary alicyclic amines) is 1. The molecule has 1 aromatic rings. The molecule has 112 valence electrons. The first-order chi connectivity index (χ1) is 9.70. The monoisotopic (exact) mass is 280 g/mol. The van der Waals surface area contributed by atoms with Crippen molar-refractivity contribution in [2.45, 2.75) is 31.7 Å². The third-order valence-electron chi connectivity index (χ3n) is 4.20. The van der Waals surface area contributed by atoms with E-state index in [1.54, 1.807) is 12.1 Å². The number of benzene rings is 1. The Morgan fingerprint density at radius 3 is 2.95 bits per heavy atom. The highest BCUT2D eigenvalue weighted by Crippen LogP contribution is 2.22. The lowest BCUT2D eigenvalue weighted by Crippen LogP contribution is -2.37. The topological polar surface area (TPSA) is 49.5 Å². The predicted octanol–water partition coefficient (Wildman–Crippen LogP) is 2.31. The first-order valence-electron chi connectivity index (χ1n) is 7.54. The SMILES string of the molecule is NC(CCN1CCCC(CCO)C1)c1ccccc1F. The molecule has 3 N–H and O–H groups in total. The average Bonchev–Trinajstić information content (AvgIpc) is 2.46. The Balaban J connectivity index is 1.81. The number of aliphatic hydroxyl groups excluding tert-OH is 1. The van der Waals surface area contributed by atoms with Crippen molar-refractivity contribution in [1.82, 2.24) is 4.90 Å². The highest BCUT2D eigenvalue weighted by Gasteiger charge is 2.20. The summed E-state index contributed by atoms with van der Waals surface area (Å²) in [6.07, 6.45) is 4.04. The second kappa shape index (κ2) is 7.72. The van der Waals surface area contributed by atoms with Crippen LogP contribution in [0.15, 0.2) is 24.3 Å². The lowest BCUT2D eigenvalue weighted by molar-refractivity contribution is 0.144. The zero-order valence-corrected chi connectivity index (χ0v) is 12.0. The fourth-order valence-corrected chi connectivity index (χ4v) is 3.03. The van der Waals surface area contributed by atoms with Crippen LogP contribution >= 0.6 is 0 Å². The van der Waals surface area contributed by atoms with Crippen LogP contribution in [0.25, 0.3) is 0 Å². The van der Waals surface area contributed by atoms with E-state index >= 15 is 0 Å². The summed E-state index contributed by atoms with van der Waals surface area (Å²) < 4.78 is 13.6. The molecular weight excluding hydrogens is 255 g/mol. The van der Waals surface area contributed by atoms with E-state index in [4.69, 9.17) is 10.8 Å². The van der Waals surface area contributed by atoms with Crippen LogP contribution < -0.4 is 5.73 Å². The lowest BCUT2D eigenvalue weighted by Gasteiger charge is -2.33. The zero-order chi connectivity index (χ0) is 14.4. The molecule has 3 nitrogen and oxygen atoms in total. The molecule has 2 unspecified atom stereocenters. The van der Waals surface area contributed by atoms with Gasteiger partial charge in [0.05, 0.1) is 0 Å². The summed E-state index contributed by atoms with van der Waals surface area (Å²) in [7, 11) is 0. The molecule has 20 heavy (non-hydrogen) atoms. The minimum absolute atomic E-state index is 0.211. The van der Waals surface area contributed by atoms with Crippen LogP contribution in [-0.2, 0) is 0 Å². The highest BCUT2D eigenvalue weighted by atomic mass is 19.1. The van der Waals surface area contributed by atoms with Gasteiger partial charge in [0.25, 0.3) is 0 Å². The molecule has 2 atom stereocenters. The average molecular weight is 280 g/mol. The fraction of sp³-hybridized carbons (Fsp3) is 0.625. The van der Waals surface area contributed by atoms with Crippen molar-refractivity contribution in [3.8, 4) is 0 Å². The van der Waals surface area contributed by atoms with Crippen LogP contribution in [0.4, 0.5) is 4.39 Å². The van der Waals surface area contributed by atoms with E-state index in [0.29, 0.717) is 11.5 Å². The summed E-state index contributed by atoms with van der Waals surface area (Å²) in [6, 6.07) is 6.51. The summed E-state index contributed by atoms with van der Waals surface area (Å²) in [5.41, 5.74) is 6.71. The standard InChI is InChI=1S/C16H25FN2O/c17-15-6-2-1-5-14(15)16(18)7-10-19-9-3-4-13(12-19)8-11-20/h1-2,5-6,13,16,20H,3-4,7-12,18H2. The molecule has 1 heterocycles. The summed E-state index contributed by atoms with van der Waals surface area (Å²) >= 11 is 0. The smallest absolute Gasteiger partial charge is 0.127 e. The van der Waals surface area contributed by atoms with Gasteiger partial charge in [-0.15, -0.1) is 0 Å². The predicted molar refractivity (Wildman–Crippen MR) is 78.8 cm³/mol. The van der Waals surface area contributed by atoms with E-state index < -0.39 is 0 Å². The second-order valence-corrected chi connectivity index (χ2v) is 5.74. The molecule has 0 spiro atoms. The van der Waals surface area contributed by atoms with Gasteiger partial charge < -0.3 is 15.7 Å². The molecule has 0 aliphatic carbocycles. The summed E-state index contributed by atoms with van der Waals surface area (Å²) in [4.78, 5) is 2.39. The van der Waals surface area contributed by atoms with Gasteiger partial charge in [-0.25, -0.2) is 4.39 Å². The van der Waals surface area contributed by atoms with E-state index in [9.17, 15) is 4.39 Å². The number of rotatable bonds is 6. The number of aliphatic hydroxyl groups is 1. The molecule has 4 heteroatoms. The van der Waals surface area contributed by atoms with Crippen molar-refractivity contribution >= 4 is 0 Å². The Bertz CT molecular complexity index is 411. The van der Waals surface area contributed by atoms with Crippen molar-refractivity contribution in [1.29, 1.82) is 0 Å². The quantitative estimate of drug-likeness (QED) is 0.840. The van der Waals surface area contributed by atoms with Gasteiger partial charge >= 0.3 is 0 Å². The minimum Gasteiger partial charge on any atom is -0.396 e. The number of halogens is 1. The van der Waals surface area contributed by atoms with Gasteiger partial charge in [-0.05, 0) is 50.8 Å². The first kappa shape index (κ1) is 15.4. The summed E-state index contributed by atoms with van der Waals surface area (Å²) in [5.74, 6) is 0.384. The van der Waals surface area contributed by atoms with Gasteiger partial charge in [-0.2, -0.15) is 0 Å². The molecule has 0 amide bonds. The van der Waals surface area contributed by atoms with E-state index in [0.717, 1.165) is 32.5 Å². The van der Waals surface area contributed by atoms with Crippen LogP contribution in [0.3, 0.4) is 0 Å². The van der Waals surface area contributed by atoms with E-state index in [1.807, 2.05) is 6.07 Å². The van der Waals surface area contributed by atoms with Gasteiger partial charge in [-0.1, -0.05) is 18.2 Å². The Morgan fingerprint density at radius 1 is 1.40 bits per heavy atom. The molecule has 0 radical (unpaired) electrons. The second-order valence-electron chi connectivity index (χ2n) is 5.74. The van der Waals surface area contributed by atoms with Gasteiger partial charge in [0.1, 0.15) is 5.82 Å². The van der Waals surface area contributed by atoms with Crippen LogP contribution in [0, 0.1) is 11.7 Å². The molecule has 0 aromatic heterocycles. The number of hydrogen-bond acceptors (Lipinski definition) is 3. The minimum atomic E-state index is -0.241. The Labute approximate surface area is 120 Å². The van der Waals surface area contributed by atoms with Gasteiger partial charge in [0.2, 0.25) is 0 Å². The Kier molecular flexibility index (Phi) is 5.95. The van der Waals surface area contributed by atoms with Gasteiger partial charge in [0.15, 0.2) is 0 Å². The Morgan fingerprint density at radius 2 is 2.20 bits per heavy atom. The lowest BCUT2D eigenvalue weighted by atomic mass is 9.94. The number of nitrogens with zero attached hydrogens (tertiary/aromatic N) is 1. The highest BCUT2D eigenvalue weighted by molar-refractivity contribution is 5.20. The number of hydrogen-bond donors (Lipinski definition) is 2. The van der Waals surface area contributed by atoms with Crippen molar-refractivity contribution in [3.63, 3.8) is 0 Å². The van der Waals surface area contributed by atoms with Gasteiger partial charge in [-0.3, -0.25) is 0 Å². The normalized spacial score (nSPS) is 21.9. The maximum Gasteiger partial charge on any atom is 0.127 e. The molecule has 0 saturated carbocycles. The largest absolute Gasteiger partial charge is 0.396 e. The molecule has 1 saturated heterocycles. The molecule has 1 aliphatic heterocycles. The molecule has 1 aromatic carbocycles. The molecule has 0 bridgehead atoms. The fourth-order valence-electron chi connectivity index (χ4n) is 3.03. The Hall–Kier alpha value is -0.970. The van der Waals surface area contributed by atoms with Crippen LogP contribution in [0.5, 0.6) is 0 Å². The van der Waals surface area contributed by atoms with Crippen molar-refractivity contribution in [3.05, 3.63) is 35.6 Å². The van der Waals surface area contributed by atoms with E-state index in [1.165, 1.54) is 18.9 Å². The van der Waals surface area contributed by atoms with E-state index in [2.05, 4.69) is 4.90 Å². The zero-order valence-electron chi connectivity index (χ0n) is 12.0. The van der Waals surface area contributed by atoms with Crippen molar-refractivity contribution in [2.24, 2.45) is 11.7 Å². The molecular formula is C16H25FN2O. The molecule has 2 rings (SSSR count). The number of nitrogens with two attached hydrogens (primary N) is 1. The third kappa shape index (κ3) is 4.27. The summed E-state index contributed by atoms with van der Waals surface area (Å²) in [5, 5.41) is 9.02. The first-order valence-corrected chi connectivity index (χ1v) is 7.54. The van der Waals surface area contributed by atoms with Crippen LogP contribution in [-0.4, -0.2) is 36.2 Å².